The summed E-state index contributed by atoms with van der Waals surface area (Å²) in [5.41, 5.74) is 2.66. The maximum absolute atomic E-state index is 13.4. The number of ketones is 1. The van der Waals surface area contributed by atoms with E-state index in [9.17, 15) is 9.18 Å². The minimum atomic E-state index is -0.320. The molecule has 0 spiro atoms. The smallest absolute Gasteiger partial charge is 0.205 e. The minimum Gasteiger partial charge on any atom is -0.360 e. The molecule has 20 heavy (non-hydrogen) atoms. The van der Waals surface area contributed by atoms with Gasteiger partial charge in [-0.2, -0.15) is 0 Å². The zero-order valence-corrected chi connectivity index (χ0v) is 11.5. The molecule has 100 valence electrons. The van der Waals surface area contributed by atoms with Crippen LogP contribution in [0.15, 0.2) is 30.5 Å². The van der Waals surface area contributed by atoms with Crippen LogP contribution in [0.2, 0.25) is 0 Å². The van der Waals surface area contributed by atoms with Crippen LogP contribution in [0.1, 0.15) is 32.1 Å². The molecule has 1 aromatic carbocycles. The second-order valence-electron chi connectivity index (χ2n) is 5.13. The highest BCUT2D eigenvalue weighted by Crippen LogP contribution is 2.33. The van der Waals surface area contributed by atoms with Crippen LogP contribution < -0.4 is 0 Å². The van der Waals surface area contributed by atoms with Gasteiger partial charge in [0.25, 0.3) is 0 Å². The molecule has 1 N–H and O–H groups in total. The molecule has 4 rings (SSSR count). The molecule has 0 radical (unpaired) electrons. The molecule has 4 heteroatoms. The van der Waals surface area contributed by atoms with Crippen molar-refractivity contribution in [3.8, 4) is 0 Å². The fraction of sp³-hybridized carbons (Fsp3) is 0.188. The number of thiophene rings is 1. The van der Waals surface area contributed by atoms with Gasteiger partial charge in [0, 0.05) is 27.5 Å². The number of aromatic amines is 1. The highest BCUT2D eigenvalue weighted by atomic mass is 32.1. The molecule has 2 aromatic heterocycles. The summed E-state index contributed by atoms with van der Waals surface area (Å²) in [7, 11) is 0. The topological polar surface area (TPSA) is 32.9 Å². The lowest BCUT2D eigenvalue weighted by atomic mass is 10.1. The molecule has 1 aliphatic rings. The Labute approximate surface area is 119 Å². The van der Waals surface area contributed by atoms with Crippen molar-refractivity contribution in [2.24, 2.45) is 0 Å². The van der Waals surface area contributed by atoms with E-state index in [1.807, 2.05) is 6.07 Å². The zero-order valence-electron chi connectivity index (χ0n) is 10.7. The Hall–Kier alpha value is -1.94. The van der Waals surface area contributed by atoms with Gasteiger partial charge < -0.3 is 4.98 Å². The molecule has 0 fully saturated rings. The number of rotatable bonds is 2. The predicted octanol–water partition coefficient (Wildman–Crippen LogP) is 4.09. The van der Waals surface area contributed by atoms with Gasteiger partial charge in [0.15, 0.2) is 0 Å². The molecular formula is C16H12FNOS. The first-order valence-corrected chi connectivity index (χ1v) is 7.47. The van der Waals surface area contributed by atoms with E-state index in [0.717, 1.165) is 23.2 Å². The molecule has 0 unspecified atom stereocenters. The first-order chi connectivity index (χ1) is 9.72. The van der Waals surface area contributed by atoms with E-state index >= 15 is 0 Å². The molecule has 0 atom stereocenters. The van der Waals surface area contributed by atoms with Crippen LogP contribution in [-0.4, -0.2) is 10.8 Å². The van der Waals surface area contributed by atoms with Crippen LogP contribution in [0.5, 0.6) is 0 Å². The lowest BCUT2D eigenvalue weighted by Crippen LogP contribution is -1.97. The highest BCUT2D eigenvalue weighted by Gasteiger charge is 2.21. The van der Waals surface area contributed by atoms with Gasteiger partial charge in [0.2, 0.25) is 5.78 Å². The molecule has 3 aromatic rings. The lowest BCUT2D eigenvalue weighted by Gasteiger charge is -1.97. The fourth-order valence-corrected chi connectivity index (χ4v) is 4.06. The first kappa shape index (κ1) is 11.9. The van der Waals surface area contributed by atoms with Gasteiger partial charge in [0.05, 0.1) is 4.88 Å². The molecule has 0 saturated carbocycles. The lowest BCUT2D eigenvalue weighted by molar-refractivity contribution is 0.104. The maximum Gasteiger partial charge on any atom is 0.205 e. The number of aryl methyl sites for hydroxylation is 2. The summed E-state index contributed by atoms with van der Waals surface area (Å²) >= 11 is 1.58. The van der Waals surface area contributed by atoms with Crippen LogP contribution >= 0.6 is 11.3 Å². The van der Waals surface area contributed by atoms with Crippen LogP contribution in [0.4, 0.5) is 4.39 Å². The molecule has 0 bridgehead atoms. The monoisotopic (exact) mass is 285 g/mol. The summed E-state index contributed by atoms with van der Waals surface area (Å²) < 4.78 is 13.4. The normalized spacial score (nSPS) is 13.8. The van der Waals surface area contributed by atoms with Crippen LogP contribution in [0.3, 0.4) is 0 Å². The van der Waals surface area contributed by atoms with E-state index in [-0.39, 0.29) is 11.6 Å². The van der Waals surface area contributed by atoms with Crippen molar-refractivity contribution in [2.75, 3.05) is 0 Å². The van der Waals surface area contributed by atoms with Crippen molar-refractivity contribution >= 4 is 28.0 Å². The fourth-order valence-electron chi connectivity index (χ4n) is 2.85. The number of benzene rings is 1. The Kier molecular flexibility index (Phi) is 2.54. The second kappa shape index (κ2) is 4.28. The average molecular weight is 285 g/mol. The van der Waals surface area contributed by atoms with Crippen molar-refractivity contribution < 1.29 is 9.18 Å². The Balaban J connectivity index is 1.81. The highest BCUT2D eigenvalue weighted by molar-refractivity contribution is 7.14. The van der Waals surface area contributed by atoms with E-state index in [2.05, 4.69) is 4.98 Å². The zero-order chi connectivity index (χ0) is 13.7. The maximum atomic E-state index is 13.4. The van der Waals surface area contributed by atoms with Crippen LogP contribution in [-0.2, 0) is 12.8 Å². The third kappa shape index (κ3) is 1.72. The number of nitrogens with one attached hydrogen (secondary N) is 1. The third-order valence-electron chi connectivity index (χ3n) is 3.86. The van der Waals surface area contributed by atoms with E-state index in [4.69, 9.17) is 0 Å². The van der Waals surface area contributed by atoms with Crippen molar-refractivity contribution in [1.82, 2.24) is 4.98 Å². The Morgan fingerprint density at radius 3 is 3.00 bits per heavy atom. The van der Waals surface area contributed by atoms with E-state index < -0.39 is 0 Å². The summed E-state index contributed by atoms with van der Waals surface area (Å²) in [6.45, 7) is 0. The summed E-state index contributed by atoms with van der Waals surface area (Å²) in [5, 5.41) is 0.656. The average Bonchev–Trinajstić information content (AvgIpc) is 3.10. The number of carbonyl (C=O) groups is 1. The van der Waals surface area contributed by atoms with Gasteiger partial charge in [-0.3, -0.25) is 4.79 Å². The van der Waals surface area contributed by atoms with Crippen molar-refractivity contribution in [3.63, 3.8) is 0 Å². The molecule has 0 saturated heterocycles. The number of halogens is 1. The van der Waals surface area contributed by atoms with Crippen molar-refractivity contribution in [3.05, 3.63) is 57.2 Å². The molecule has 0 aliphatic heterocycles. The van der Waals surface area contributed by atoms with E-state index in [1.165, 1.54) is 29.0 Å². The molecule has 1 aliphatic carbocycles. The summed E-state index contributed by atoms with van der Waals surface area (Å²) in [5.74, 6) is -0.332. The number of fused-ring (bicyclic) bond motifs is 2. The Bertz CT molecular complexity index is 809. The van der Waals surface area contributed by atoms with Gasteiger partial charge in [0.1, 0.15) is 5.82 Å². The number of hydrogen-bond donors (Lipinski definition) is 1. The number of hydrogen-bond acceptors (Lipinski definition) is 2. The van der Waals surface area contributed by atoms with E-state index in [1.54, 1.807) is 23.6 Å². The molecule has 2 heterocycles. The first-order valence-electron chi connectivity index (χ1n) is 6.65. The van der Waals surface area contributed by atoms with Gasteiger partial charge >= 0.3 is 0 Å². The Morgan fingerprint density at radius 2 is 2.15 bits per heavy atom. The van der Waals surface area contributed by atoms with Crippen molar-refractivity contribution in [1.29, 1.82) is 0 Å². The van der Waals surface area contributed by atoms with E-state index in [0.29, 0.717) is 10.9 Å². The third-order valence-corrected chi connectivity index (χ3v) is 5.09. The van der Waals surface area contributed by atoms with Crippen LogP contribution in [0.25, 0.3) is 10.9 Å². The standard InChI is InChI=1S/C16H12FNOS/c17-10-4-5-13-11(7-10)12(8-18-13)16(19)15-6-9-2-1-3-14(9)20-15/h4-8,18H,1-3H2. The SMILES string of the molecule is O=C(c1cc2c(s1)CCC2)c1c[nH]c2ccc(F)cc12. The molecular weight excluding hydrogens is 273 g/mol. The van der Waals surface area contributed by atoms with Crippen LogP contribution in [0, 0.1) is 5.82 Å². The number of H-pyrrole nitrogens is 1. The minimum absolute atomic E-state index is 0.0127. The summed E-state index contributed by atoms with van der Waals surface area (Å²) in [6.07, 6.45) is 5.02. The van der Waals surface area contributed by atoms with Gasteiger partial charge in [-0.05, 0) is 49.1 Å². The summed E-state index contributed by atoms with van der Waals surface area (Å²) in [4.78, 5) is 17.7. The largest absolute Gasteiger partial charge is 0.360 e. The van der Waals surface area contributed by atoms with Crippen molar-refractivity contribution in [2.45, 2.75) is 19.3 Å². The molecule has 0 amide bonds. The van der Waals surface area contributed by atoms with Gasteiger partial charge in [-0.25, -0.2) is 4.39 Å². The number of carbonyl (C=O) groups excluding carboxylic acids is 1. The second-order valence-corrected chi connectivity index (χ2v) is 6.27. The Morgan fingerprint density at radius 1 is 1.25 bits per heavy atom. The summed E-state index contributed by atoms with van der Waals surface area (Å²) in [6, 6.07) is 6.48. The van der Waals surface area contributed by atoms with Gasteiger partial charge in [-0.1, -0.05) is 0 Å². The quantitative estimate of drug-likeness (QED) is 0.707. The molecule has 2 nitrogen and oxygen atoms in total. The van der Waals surface area contributed by atoms with Gasteiger partial charge in [-0.15, -0.1) is 11.3 Å². The predicted molar refractivity (Wildman–Crippen MR) is 78.0 cm³/mol. The number of aromatic nitrogens is 1.